The maximum absolute atomic E-state index is 13.8. The normalized spacial score (nSPS) is 10.3. The molecule has 3 aromatic rings. The fourth-order valence-electron chi connectivity index (χ4n) is 2.30. The van der Waals surface area contributed by atoms with Gasteiger partial charge < -0.3 is 14.8 Å². The van der Waals surface area contributed by atoms with E-state index in [0.29, 0.717) is 11.8 Å². The van der Waals surface area contributed by atoms with Gasteiger partial charge in [-0.15, -0.1) is 0 Å². The molecule has 0 radical (unpaired) electrons. The first-order chi connectivity index (χ1) is 13.9. The van der Waals surface area contributed by atoms with Crippen LogP contribution in [0.3, 0.4) is 0 Å². The summed E-state index contributed by atoms with van der Waals surface area (Å²) < 4.78 is 37.5. The predicted molar refractivity (Wildman–Crippen MR) is 104 cm³/mol. The summed E-state index contributed by atoms with van der Waals surface area (Å²) in [6, 6.07) is 11.3. The lowest BCUT2D eigenvalue weighted by molar-refractivity contribution is -0.119. The number of rotatable bonds is 6. The van der Waals surface area contributed by atoms with Crippen LogP contribution in [-0.2, 0) is 9.53 Å². The van der Waals surface area contributed by atoms with E-state index in [4.69, 9.17) is 9.47 Å². The van der Waals surface area contributed by atoms with Gasteiger partial charge in [-0.2, -0.15) is 0 Å². The Balaban J connectivity index is 1.65. The van der Waals surface area contributed by atoms with E-state index >= 15 is 0 Å². The molecule has 3 rings (SSSR count). The van der Waals surface area contributed by atoms with Gasteiger partial charge in [0.15, 0.2) is 12.4 Å². The number of hydrogen-bond acceptors (Lipinski definition) is 5. The molecule has 1 N–H and O–H groups in total. The third kappa shape index (κ3) is 5.35. The smallest absolute Gasteiger partial charge is 0.342 e. The quantitative estimate of drug-likeness (QED) is 0.536. The van der Waals surface area contributed by atoms with Crippen molar-refractivity contribution in [1.29, 1.82) is 0 Å². The summed E-state index contributed by atoms with van der Waals surface area (Å²) in [7, 11) is 0. The zero-order chi connectivity index (χ0) is 20.8. The van der Waals surface area contributed by atoms with Crippen LogP contribution in [0.1, 0.15) is 10.4 Å². The van der Waals surface area contributed by atoms with E-state index in [0.717, 1.165) is 6.07 Å². The molecule has 0 aliphatic rings. The minimum absolute atomic E-state index is 0.0184. The molecule has 0 aliphatic carbocycles. The van der Waals surface area contributed by atoms with Crippen molar-refractivity contribution in [2.75, 3.05) is 11.9 Å². The summed E-state index contributed by atoms with van der Waals surface area (Å²) in [5, 5.41) is 2.22. The van der Waals surface area contributed by atoms with Gasteiger partial charge >= 0.3 is 5.97 Å². The molecule has 0 bridgehead atoms. The lowest BCUT2D eigenvalue weighted by Crippen LogP contribution is -2.22. The van der Waals surface area contributed by atoms with Gasteiger partial charge in [-0.1, -0.05) is 12.1 Å². The maximum atomic E-state index is 13.8. The third-order valence-electron chi connectivity index (χ3n) is 3.57. The number of pyridine rings is 1. The highest BCUT2D eigenvalue weighted by Gasteiger charge is 2.18. The summed E-state index contributed by atoms with van der Waals surface area (Å²) in [6.07, 6.45) is 3.05. The van der Waals surface area contributed by atoms with E-state index in [2.05, 4.69) is 26.2 Å². The topological polar surface area (TPSA) is 77.5 Å². The van der Waals surface area contributed by atoms with Gasteiger partial charge in [0, 0.05) is 16.7 Å². The van der Waals surface area contributed by atoms with E-state index < -0.39 is 30.1 Å². The average Bonchev–Trinajstić information content (AvgIpc) is 2.70. The predicted octanol–water partition coefficient (Wildman–Crippen LogP) is 4.71. The number of hydrogen-bond donors (Lipinski definition) is 1. The summed E-state index contributed by atoms with van der Waals surface area (Å²) in [6.45, 7) is -0.677. The SMILES string of the molecule is O=C(COC(=O)c1ccccc1Oc1cccnc1)Nc1c(F)cc(F)cc1Br. The van der Waals surface area contributed by atoms with Crippen LogP contribution in [0.25, 0.3) is 0 Å². The molecule has 1 heterocycles. The van der Waals surface area contributed by atoms with Gasteiger partial charge in [0.2, 0.25) is 0 Å². The lowest BCUT2D eigenvalue weighted by Gasteiger charge is -2.11. The van der Waals surface area contributed by atoms with Crippen molar-refractivity contribution >= 4 is 33.5 Å². The Morgan fingerprint density at radius 1 is 1.10 bits per heavy atom. The van der Waals surface area contributed by atoms with Crippen LogP contribution < -0.4 is 10.1 Å². The van der Waals surface area contributed by atoms with Crippen molar-refractivity contribution < 1.29 is 27.8 Å². The second kappa shape index (κ2) is 9.24. The van der Waals surface area contributed by atoms with Gasteiger partial charge in [0.05, 0.1) is 11.9 Å². The highest BCUT2D eigenvalue weighted by Crippen LogP contribution is 2.27. The number of aromatic nitrogens is 1. The van der Waals surface area contributed by atoms with Crippen LogP contribution in [-0.4, -0.2) is 23.5 Å². The zero-order valence-electron chi connectivity index (χ0n) is 14.7. The Bertz CT molecular complexity index is 1020. The molecule has 6 nitrogen and oxygen atoms in total. The molecule has 2 aromatic carbocycles. The summed E-state index contributed by atoms with van der Waals surface area (Å²) in [5.41, 5.74) is -0.161. The average molecular weight is 463 g/mol. The molecule has 0 atom stereocenters. The first kappa shape index (κ1) is 20.4. The Morgan fingerprint density at radius 3 is 2.62 bits per heavy atom. The molecule has 0 fully saturated rings. The van der Waals surface area contributed by atoms with E-state index in [-0.39, 0.29) is 21.5 Å². The van der Waals surface area contributed by atoms with Crippen LogP contribution in [0.4, 0.5) is 14.5 Å². The van der Waals surface area contributed by atoms with Crippen LogP contribution in [0.15, 0.2) is 65.4 Å². The number of esters is 1. The molecule has 0 spiro atoms. The Kier molecular flexibility index (Phi) is 6.50. The van der Waals surface area contributed by atoms with Gasteiger partial charge in [0.25, 0.3) is 5.91 Å². The largest absolute Gasteiger partial charge is 0.455 e. The van der Waals surface area contributed by atoms with Crippen molar-refractivity contribution in [2.45, 2.75) is 0 Å². The fourth-order valence-corrected chi connectivity index (χ4v) is 2.81. The van der Waals surface area contributed by atoms with Crippen LogP contribution in [0.2, 0.25) is 0 Å². The molecular weight excluding hydrogens is 450 g/mol. The van der Waals surface area contributed by atoms with Crippen LogP contribution >= 0.6 is 15.9 Å². The molecule has 1 aromatic heterocycles. The summed E-state index contributed by atoms with van der Waals surface area (Å²) in [5.74, 6) is -2.73. The molecule has 29 heavy (non-hydrogen) atoms. The van der Waals surface area contributed by atoms with E-state index in [9.17, 15) is 18.4 Å². The molecule has 0 aliphatic heterocycles. The number of carbonyl (C=O) groups excluding carboxylic acids is 2. The lowest BCUT2D eigenvalue weighted by atomic mass is 10.2. The van der Waals surface area contributed by atoms with E-state index in [1.165, 1.54) is 12.3 Å². The number of amides is 1. The molecule has 148 valence electrons. The van der Waals surface area contributed by atoms with Crippen LogP contribution in [0.5, 0.6) is 11.5 Å². The number of anilines is 1. The number of benzene rings is 2. The number of carbonyl (C=O) groups is 2. The van der Waals surface area contributed by atoms with Crippen molar-refractivity contribution in [3.63, 3.8) is 0 Å². The van der Waals surface area contributed by atoms with Crippen LogP contribution in [0, 0.1) is 11.6 Å². The molecule has 0 saturated carbocycles. The number of halogens is 3. The van der Waals surface area contributed by atoms with Gasteiger partial charge in [-0.05, 0) is 46.3 Å². The van der Waals surface area contributed by atoms with Gasteiger partial charge in [-0.25, -0.2) is 13.6 Å². The number of nitrogens with zero attached hydrogens (tertiary/aromatic N) is 1. The van der Waals surface area contributed by atoms with E-state index in [1.807, 2.05) is 0 Å². The summed E-state index contributed by atoms with van der Waals surface area (Å²) >= 11 is 2.96. The number of ether oxygens (including phenoxy) is 2. The van der Waals surface area contributed by atoms with Crippen molar-refractivity contribution in [3.05, 3.63) is 82.6 Å². The zero-order valence-corrected chi connectivity index (χ0v) is 16.3. The standard InChI is InChI=1S/C20H13BrF2N2O4/c21-15-8-12(22)9-16(23)19(15)25-18(26)11-28-20(27)14-5-1-2-6-17(14)29-13-4-3-7-24-10-13/h1-10H,11H2,(H,25,26). The maximum Gasteiger partial charge on any atom is 0.342 e. The second-order valence-corrected chi connectivity index (χ2v) is 6.51. The highest BCUT2D eigenvalue weighted by atomic mass is 79.9. The Hall–Kier alpha value is -3.33. The van der Waals surface area contributed by atoms with E-state index in [1.54, 1.807) is 36.5 Å². The first-order valence-corrected chi connectivity index (χ1v) is 9.02. The monoisotopic (exact) mass is 462 g/mol. The summed E-state index contributed by atoms with van der Waals surface area (Å²) in [4.78, 5) is 28.3. The molecule has 0 saturated heterocycles. The van der Waals surface area contributed by atoms with Crippen molar-refractivity contribution in [3.8, 4) is 11.5 Å². The Labute approximate surface area is 172 Å². The molecule has 1 amide bonds. The first-order valence-electron chi connectivity index (χ1n) is 8.22. The number of nitrogens with one attached hydrogen (secondary N) is 1. The second-order valence-electron chi connectivity index (χ2n) is 5.66. The van der Waals surface area contributed by atoms with Crippen molar-refractivity contribution in [2.24, 2.45) is 0 Å². The van der Waals surface area contributed by atoms with Gasteiger partial charge in [-0.3, -0.25) is 9.78 Å². The third-order valence-corrected chi connectivity index (χ3v) is 4.20. The fraction of sp³-hybridized carbons (Fsp3) is 0.0500. The minimum Gasteiger partial charge on any atom is -0.455 e. The highest BCUT2D eigenvalue weighted by molar-refractivity contribution is 9.10. The number of para-hydroxylation sites is 1. The molecular formula is C20H13BrF2N2O4. The Morgan fingerprint density at radius 2 is 1.90 bits per heavy atom. The van der Waals surface area contributed by atoms with Gasteiger partial charge in [0.1, 0.15) is 22.9 Å². The van der Waals surface area contributed by atoms with Crippen molar-refractivity contribution in [1.82, 2.24) is 4.98 Å². The minimum atomic E-state index is -0.966. The molecule has 0 unspecified atom stereocenters. The molecule has 9 heteroatoms.